The number of aromatic carboxylic acids is 1. The molecule has 1 amide bonds. The zero-order valence-electron chi connectivity index (χ0n) is 12.6. The Bertz CT molecular complexity index is 661. The molecule has 22 heavy (non-hydrogen) atoms. The molecule has 2 heterocycles. The molecule has 0 aliphatic carbocycles. The Morgan fingerprint density at radius 1 is 1.27 bits per heavy atom. The second-order valence-corrected chi connectivity index (χ2v) is 5.17. The van der Waals surface area contributed by atoms with Crippen molar-refractivity contribution in [2.24, 2.45) is 0 Å². The van der Waals surface area contributed by atoms with E-state index in [1.54, 1.807) is 10.9 Å². The average molecular weight is 305 g/mol. The van der Waals surface area contributed by atoms with E-state index in [-0.39, 0.29) is 24.1 Å². The Kier molecular flexibility index (Phi) is 4.92. The quantitative estimate of drug-likeness (QED) is 0.783. The monoisotopic (exact) mass is 305 g/mol. The van der Waals surface area contributed by atoms with Gasteiger partial charge in [0.15, 0.2) is 5.69 Å². The van der Waals surface area contributed by atoms with E-state index in [2.05, 4.69) is 15.5 Å². The Labute approximate surface area is 127 Å². The Morgan fingerprint density at radius 2 is 2.00 bits per heavy atom. The third kappa shape index (κ3) is 4.44. The van der Waals surface area contributed by atoms with Crippen molar-refractivity contribution in [3.05, 3.63) is 35.9 Å². The minimum atomic E-state index is -1.08. The highest BCUT2D eigenvalue weighted by atomic mass is 16.4. The maximum atomic E-state index is 11.9. The van der Waals surface area contributed by atoms with E-state index in [0.29, 0.717) is 13.1 Å². The molecule has 8 nitrogen and oxygen atoms in total. The number of amides is 1. The van der Waals surface area contributed by atoms with Gasteiger partial charge in [0.1, 0.15) is 0 Å². The predicted octanol–water partition coefficient (Wildman–Crippen LogP) is 0.681. The molecular weight excluding hydrogens is 286 g/mol. The van der Waals surface area contributed by atoms with E-state index in [9.17, 15) is 9.59 Å². The number of aromatic nitrogens is 4. The van der Waals surface area contributed by atoms with E-state index in [0.717, 1.165) is 5.69 Å². The largest absolute Gasteiger partial charge is 0.476 e. The van der Waals surface area contributed by atoms with E-state index >= 15 is 0 Å². The number of nitrogens with one attached hydrogen (secondary N) is 1. The van der Waals surface area contributed by atoms with Gasteiger partial charge in [0, 0.05) is 31.4 Å². The van der Waals surface area contributed by atoms with Crippen LogP contribution in [0.2, 0.25) is 0 Å². The summed E-state index contributed by atoms with van der Waals surface area (Å²) in [7, 11) is 0. The van der Waals surface area contributed by atoms with Gasteiger partial charge in [-0.1, -0.05) is 0 Å². The van der Waals surface area contributed by atoms with Crippen molar-refractivity contribution < 1.29 is 14.7 Å². The third-order valence-electron chi connectivity index (χ3n) is 3.07. The molecular formula is C14H19N5O3. The zero-order chi connectivity index (χ0) is 16.1. The third-order valence-corrected chi connectivity index (χ3v) is 3.07. The van der Waals surface area contributed by atoms with Gasteiger partial charge in [0.25, 0.3) is 0 Å². The summed E-state index contributed by atoms with van der Waals surface area (Å²) in [5.74, 6) is -1.19. The van der Waals surface area contributed by atoms with Crippen LogP contribution in [-0.4, -0.2) is 42.6 Å². The first-order valence-electron chi connectivity index (χ1n) is 7.00. The van der Waals surface area contributed by atoms with Gasteiger partial charge in [0.05, 0.1) is 12.2 Å². The summed E-state index contributed by atoms with van der Waals surface area (Å²) in [5.41, 5.74) is 0.911. The van der Waals surface area contributed by atoms with Gasteiger partial charge in [-0.15, -0.1) is 0 Å². The van der Waals surface area contributed by atoms with Gasteiger partial charge >= 0.3 is 5.97 Å². The van der Waals surface area contributed by atoms with Gasteiger partial charge in [-0.05, 0) is 26.0 Å². The van der Waals surface area contributed by atoms with Gasteiger partial charge < -0.3 is 10.4 Å². The molecule has 0 spiro atoms. The number of carbonyl (C=O) groups excluding carboxylic acids is 1. The standard InChI is InChI=1S/C14H19N5O3/c1-10-3-6-19(16-10)9-11(2)15-13(20)5-8-18-7-4-12(17-18)14(21)22/h3-4,6-7,11H,5,8-9H2,1-2H3,(H,15,20)(H,21,22). The van der Waals surface area contributed by atoms with Crippen LogP contribution in [0.25, 0.3) is 0 Å². The van der Waals surface area contributed by atoms with Gasteiger partial charge in [-0.3, -0.25) is 14.2 Å². The van der Waals surface area contributed by atoms with Crippen LogP contribution in [0.4, 0.5) is 0 Å². The molecule has 0 aliphatic rings. The number of carboxylic acid groups (broad SMARTS) is 1. The summed E-state index contributed by atoms with van der Waals surface area (Å²) in [4.78, 5) is 22.6. The lowest BCUT2D eigenvalue weighted by molar-refractivity contribution is -0.122. The molecule has 1 atom stereocenters. The molecule has 0 fully saturated rings. The van der Waals surface area contributed by atoms with E-state index in [4.69, 9.17) is 5.11 Å². The van der Waals surface area contributed by atoms with Crippen molar-refractivity contribution in [1.82, 2.24) is 24.9 Å². The fourth-order valence-electron chi connectivity index (χ4n) is 2.05. The second-order valence-electron chi connectivity index (χ2n) is 5.17. The molecule has 8 heteroatoms. The summed E-state index contributed by atoms with van der Waals surface area (Å²) in [6.07, 6.45) is 3.66. The number of carboxylic acids is 1. The normalized spacial score (nSPS) is 12.1. The van der Waals surface area contributed by atoms with E-state index in [1.165, 1.54) is 10.7 Å². The Hall–Kier alpha value is -2.64. The van der Waals surface area contributed by atoms with Crippen LogP contribution in [0.15, 0.2) is 24.5 Å². The molecule has 1 unspecified atom stereocenters. The summed E-state index contributed by atoms with van der Waals surface area (Å²) in [5, 5.41) is 19.8. The first-order chi connectivity index (χ1) is 10.4. The molecule has 2 aromatic heterocycles. The lowest BCUT2D eigenvalue weighted by atomic mass is 10.3. The minimum absolute atomic E-state index is 0.0252. The number of carbonyl (C=O) groups is 2. The van der Waals surface area contributed by atoms with Crippen molar-refractivity contribution in [2.45, 2.75) is 39.4 Å². The summed E-state index contributed by atoms with van der Waals surface area (Å²) in [6, 6.07) is 3.27. The fraction of sp³-hybridized carbons (Fsp3) is 0.429. The lowest BCUT2D eigenvalue weighted by Gasteiger charge is -2.14. The first kappa shape index (κ1) is 15.7. The smallest absolute Gasteiger partial charge is 0.356 e. The summed E-state index contributed by atoms with van der Waals surface area (Å²) >= 11 is 0. The zero-order valence-corrected chi connectivity index (χ0v) is 12.6. The molecule has 0 bridgehead atoms. The molecule has 0 aliphatic heterocycles. The number of hydrogen-bond donors (Lipinski definition) is 2. The highest BCUT2D eigenvalue weighted by molar-refractivity contribution is 5.85. The Balaban J connectivity index is 1.76. The topological polar surface area (TPSA) is 102 Å². The first-order valence-corrected chi connectivity index (χ1v) is 7.00. The molecule has 2 aromatic rings. The molecule has 0 radical (unpaired) electrons. The maximum absolute atomic E-state index is 11.9. The maximum Gasteiger partial charge on any atom is 0.356 e. The number of nitrogens with zero attached hydrogens (tertiary/aromatic N) is 4. The van der Waals surface area contributed by atoms with Crippen molar-refractivity contribution >= 4 is 11.9 Å². The van der Waals surface area contributed by atoms with Gasteiger partial charge in [-0.25, -0.2) is 4.79 Å². The fourth-order valence-corrected chi connectivity index (χ4v) is 2.05. The van der Waals surface area contributed by atoms with Crippen LogP contribution in [0.5, 0.6) is 0 Å². The van der Waals surface area contributed by atoms with Crippen LogP contribution in [0.1, 0.15) is 29.5 Å². The van der Waals surface area contributed by atoms with Crippen LogP contribution < -0.4 is 5.32 Å². The highest BCUT2D eigenvalue weighted by Gasteiger charge is 2.10. The summed E-state index contributed by atoms with van der Waals surface area (Å²) in [6.45, 7) is 4.76. The minimum Gasteiger partial charge on any atom is -0.476 e. The molecule has 0 saturated carbocycles. The van der Waals surface area contributed by atoms with E-state index in [1.807, 2.05) is 26.1 Å². The van der Waals surface area contributed by atoms with Crippen molar-refractivity contribution in [3.8, 4) is 0 Å². The van der Waals surface area contributed by atoms with Crippen molar-refractivity contribution in [1.29, 1.82) is 0 Å². The van der Waals surface area contributed by atoms with Crippen LogP contribution in [0, 0.1) is 6.92 Å². The Morgan fingerprint density at radius 3 is 2.59 bits per heavy atom. The van der Waals surface area contributed by atoms with Crippen molar-refractivity contribution in [2.75, 3.05) is 0 Å². The summed E-state index contributed by atoms with van der Waals surface area (Å²) < 4.78 is 3.23. The predicted molar refractivity (Wildman–Crippen MR) is 78.4 cm³/mol. The number of hydrogen-bond acceptors (Lipinski definition) is 4. The molecule has 2 N–H and O–H groups in total. The van der Waals surface area contributed by atoms with E-state index < -0.39 is 5.97 Å². The van der Waals surface area contributed by atoms with Crippen LogP contribution in [-0.2, 0) is 17.9 Å². The van der Waals surface area contributed by atoms with Gasteiger partial charge in [0.2, 0.25) is 5.91 Å². The lowest BCUT2D eigenvalue weighted by Crippen LogP contribution is -2.36. The molecule has 0 saturated heterocycles. The molecule has 2 rings (SSSR count). The van der Waals surface area contributed by atoms with Gasteiger partial charge in [-0.2, -0.15) is 10.2 Å². The highest BCUT2D eigenvalue weighted by Crippen LogP contribution is 1.99. The molecule has 118 valence electrons. The average Bonchev–Trinajstić information content (AvgIpc) is 3.05. The molecule has 0 aromatic carbocycles. The number of rotatable bonds is 7. The SMILES string of the molecule is Cc1ccn(CC(C)NC(=O)CCn2ccc(C(=O)O)n2)n1. The number of aryl methyl sites for hydroxylation is 2. The van der Waals surface area contributed by atoms with Crippen LogP contribution >= 0.6 is 0 Å². The van der Waals surface area contributed by atoms with Crippen molar-refractivity contribution in [3.63, 3.8) is 0 Å². The van der Waals surface area contributed by atoms with Crippen LogP contribution in [0.3, 0.4) is 0 Å². The second kappa shape index (κ2) is 6.88.